The summed E-state index contributed by atoms with van der Waals surface area (Å²) in [5.74, 6) is -0.0940. The van der Waals surface area contributed by atoms with E-state index in [9.17, 15) is 13.2 Å². The van der Waals surface area contributed by atoms with Gasteiger partial charge in [0.2, 0.25) is 0 Å². The highest BCUT2D eigenvalue weighted by molar-refractivity contribution is 7.91. The molecule has 2 aromatic rings. The summed E-state index contributed by atoms with van der Waals surface area (Å²) in [5.41, 5.74) is 4.16. The van der Waals surface area contributed by atoms with Gasteiger partial charge in [0.05, 0.1) is 54.7 Å². The van der Waals surface area contributed by atoms with Crippen molar-refractivity contribution < 1.29 is 22.7 Å². The van der Waals surface area contributed by atoms with Gasteiger partial charge < -0.3 is 19.7 Å². The molecule has 1 atom stereocenters. The molecule has 194 valence electrons. The number of ether oxygens (including phenoxy) is 2. The van der Waals surface area contributed by atoms with Gasteiger partial charge in [0.25, 0.3) is 0 Å². The van der Waals surface area contributed by atoms with Crippen LogP contribution in [-0.4, -0.2) is 59.3 Å². The molecule has 0 aromatic heterocycles. The van der Waals surface area contributed by atoms with E-state index in [1.54, 1.807) is 19.2 Å². The fourth-order valence-corrected chi connectivity index (χ4v) is 6.10. The predicted octanol–water partition coefficient (Wildman–Crippen LogP) is 4.39. The summed E-state index contributed by atoms with van der Waals surface area (Å²) < 4.78 is 34.4. The number of rotatable bonds is 11. The zero-order valence-electron chi connectivity index (χ0n) is 21.2. The first-order chi connectivity index (χ1) is 17.3. The minimum absolute atomic E-state index is 0.116. The van der Waals surface area contributed by atoms with E-state index in [0.717, 1.165) is 35.6 Å². The number of nitrogens with zero attached hydrogens (tertiary/aromatic N) is 2. The number of hydrogen-bond donors (Lipinski definition) is 1. The fraction of sp³-hybridized carbons (Fsp3) is 0.481. The maximum absolute atomic E-state index is 12.1. The standard InChI is InChI=1S/C27H35N3O5S/c1-4-13-30(24-11-14-36(32,33)15-12-24)26-10-7-21(22(19-34-2)17-27(31)35-3)16-25(26)29-23-8-5-20(18-28)6-9-23/h5-10,16,22,24,29H,4,11-15,17,19H2,1-3H3. The van der Waals surface area contributed by atoms with Crippen LogP contribution in [-0.2, 0) is 24.1 Å². The first kappa shape index (κ1) is 27.5. The Morgan fingerprint density at radius 3 is 2.44 bits per heavy atom. The maximum atomic E-state index is 12.1. The van der Waals surface area contributed by atoms with Gasteiger partial charge >= 0.3 is 5.97 Å². The van der Waals surface area contributed by atoms with Crippen LogP contribution < -0.4 is 10.2 Å². The van der Waals surface area contributed by atoms with Crippen molar-refractivity contribution in [2.75, 3.05) is 49.1 Å². The molecule has 36 heavy (non-hydrogen) atoms. The van der Waals surface area contributed by atoms with Gasteiger partial charge in [-0.1, -0.05) is 13.0 Å². The van der Waals surface area contributed by atoms with Gasteiger partial charge in [-0.25, -0.2) is 8.42 Å². The van der Waals surface area contributed by atoms with E-state index in [1.165, 1.54) is 7.11 Å². The van der Waals surface area contributed by atoms with Crippen LogP contribution >= 0.6 is 0 Å². The maximum Gasteiger partial charge on any atom is 0.306 e. The molecule has 0 spiro atoms. The number of carbonyl (C=O) groups is 1. The highest BCUT2D eigenvalue weighted by Crippen LogP contribution is 2.36. The number of carbonyl (C=O) groups excluding carboxylic acids is 1. The number of anilines is 3. The summed E-state index contributed by atoms with van der Waals surface area (Å²) in [6.07, 6.45) is 2.29. The number of nitriles is 1. The molecule has 1 saturated heterocycles. The third-order valence-corrected chi connectivity index (χ3v) is 8.25. The second-order valence-corrected chi connectivity index (χ2v) is 11.4. The lowest BCUT2D eigenvalue weighted by Gasteiger charge is -2.37. The minimum atomic E-state index is -2.98. The molecule has 2 aromatic carbocycles. The molecular formula is C27H35N3O5S. The smallest absolute Gasteiger partial charge is 0.306 e. The van der Waals surface area contributed by atoms with Gasteiger partial charge in [-0.3, -0.25) is 4.79 Å². The molecule has 0 bridgehead atoms. The summed E-state index contributed by atoms with van der Waals surface area (Å²) in [7, 11) is 0.00467. The van der Waals surface area contributed by atoms with Crippen molar-refractivity contribution in [1.29, 1.82) is 5.26 Å². The number of benzene rings is 2. The Bertz CT molecular complexity index is 1160. The number of methoxy groups -OCH3 is 2. The van der Waals surface area contributed by atoms with Crippen molar-refractivity contribution in [2.24, 2.45) is 0 Å². The van der Waals surface area contributed by atoms with Crippen LogP contribution in [0.3, 0.4) is 0 Å². The number of sulfone groups is 1. The zero-order chi connectivity index (χ0) is 26.1. The van der Waals surface area contributed by atoms with E-state index >= 15 is 0 Å². The van der Waals surface area contributed by atoms with Gasteiger partial charge in [-0.15, -0.1) is 0 Å². The average Bonchev–Trinajstić information content (AvgIpc) is 2.88. The Morgan fingerprint density at radius 1 is 1.17 bits per heavy atom. The second-order valence-electron chi connectivity index (χ2n) is 9.10. The molecule has 1 aliphatic heterocycles. The summed E-state index contributed by atoms with van der Waals surface area (Å²) in [6, 6.07) is 15.6. The van der Waals surface area contributed by atoms with Crippen molar-refractivity contribution in [3.05, 3.63) is 53.6 Å². The SMILES string of the molecule is CCCN(c1ccc(C(COC)CC(=O)OC)cc1Nc1ccc(C#N)cc1)C1CCS(=O)(=O)CC1. The zero-order valence-corrected chi connectivity index (χ0v) is 22.0. The van der Waals surface area contributed by atoms with Gasteiger partial charge in [0.1, 0.15) is 9.84 Å². The fourth-order valence-electron chi connectivity index (χ4n) is 4.63. The Morgan fingerprint density at radius 2 is 1.86 bits per heavy atom. The summed E-state index contributed by atoms with van der Waals surface area (Å²) in [4.78, 5) is 14.4. The lowest BCUT2D eigenvalue weighted by Crippen LogP contribution is -2.42. The summed E-state index contributed by atoms with van der Waals surface area (Å²) in [6.45, 7) is 3.26. The lowest BCUT2D eigenvalue weighted by atomic mass is 9.94. The Hall–Kier alpha value is -3.09. The Balaban J connectivity index is 2.02. The first-order valence-corrected chi connectivity index (χ1v) is 14.1. The van der Waals surface area contributed by atoms with Gasteiger partial charge in [-0.2, -0.15) is 5.26 Å². The molecular weight excluding hydrogens is 478 g/mol. The molecule has 0 saturated carbocycles. The van der Waals surface area contributed by atoms with Crippen molar-refractivity contribution in [2.45, 2.75) is 44.6 Å². The highest BCUT2D eigenvalue weighted by atomic mass is 32.2. The van der Waals surface area contributed by atoms with E-state index in [0.29, 0.717) is 25.0 Å². The van der Waals surface area contributed by atoms with Crippen LogP contribution in [0.5, 0.6) is 0 Å². The van der Waals surface area contributed by atoms with Crippen LogP contribution in [0.15, 0.2) is 42.5 Å². The molecule has 0 aliphatic carbocycles. The van der Waals surface area contributed by atoms with E-state index in [4.69, 9.17) is 14.7 Å². The molecule has 1 fully saturated rings. The van der Waals surface area contributed by atoms with Crippen LogP contribution in [0.4, 0.5) is 17.1 Å². The second kappa shape index (κ2) is 12.7. The van der Waals surface area contributed by atoms with E-state index in [1.807, 2.05) is 30.3 Å². The van der Waals surface area contributed by atoms with Crippen LogP contribution in [0.25, 0.3) is 0 Å². The third-order valence-electron chi connectivity index (χ3n) is 6.53. The van der Waals surface area contributed by atoms with Crippen molar-refractivity contribution >= 4 is 32.9 Å². The predicted molar refractivity (Wildman–Crippen MR) is 141 cm³/mol. The molecule has 8 nitrogen and oxygen atoms in total. The molecule has 0 amide bonds. The van der Waals surface area contributed by atoms with Gasteiger partial charge in [-0.05, 0) is 61.2 Å². The van der Waals surface area contributed by atoms with Gasteiger partial charge in [0.15, 0.2) is 0 Å². The average molecular weight is 514 g/mol. The van der Waals surface area contributed by atoms with E-state index in [-0.39, 0.29) is 35.9 Å². The molecule has 3 rings (SSSR count). The van der Waals surface area contributed by atoms with Crippen molar-refractivity contribution in [1.82, 2.24) is 0 Å². The van der Waals surface area contributed by atoms with E-state index < -0.39 is 9.84 Å². The van der Waals surface area contributed by atoms with Gasteiger partial charge in [0, 0.05) is 31.3 Å². The topological polar surface area (TPSA) is 109 Å². The normalized spacial score (nSPS) is 16.1. The molecule has 9 heteroatoms. The molecule has 1 unspecified atom stereocenters. The Labute approximate surface area is 214 Å². The van der Waals surface area contributed by atoms with Crippen molar-refractivity contribution in [3.63, 3.8) is 0 Å². The molecule has 1 N–H and O–H groups in total. The molecule has 1 heterocycles. The quantitative estimate of drug-likeness (QED) is 0.441. The number of hydrogen-bond acceptors (Lipinski definition) is 8. The van der Waals surface area contributed by atoms with Crippen LogP contribution in [0.2, 0.25) is 0 Å². The Kier molecular flexibility index (Phi) is 9.73. The van der Waals surface area contributed by atoms with Crippen molar-refractivity contribution in [3.8, 4) is 6.07 Å². The monoisotopic (exact) mass is 513 g/mol. The summed E-state index contributed by atoms with van der Waals surface area (Å²) in [5, 5.41) is 12.6. The highest BCUT2D eigenvalue weighted by Gasteiger charge is 2.29. The molecule has 0 radical (unpaired) electrons. The van der Waals surface area contributed by atoms with Crippen LogP contribution in [0, 0.1) is 11.3 Å². The minimum Gasteiger partial charge on any atom is -0.469 e. The summed E-state index contributed by atoms with van der Waals surface area (Å²) >= 11 is 0. The molecule has 1 aliphatic rings. The number of esters is 1. The largest absolute Gasteiger partial charge is 0.469 e. The lowest BCUT2D eigenvalue weighted by molar-refractivity contribution is -0.141. The third kappa shape index (κ3) is 7.21. The van der Waals surface area contributed by atoms with Crippen LogP contribution in [0.1, 0.15) is 49.7 Å². The first-order valence-electron chi connectivity index (χ1n) is 12.2. The number of nitrogens with one attached hydrogen (secondary N) is 1. The van der Waals surface area contributed by atoms with E-state index in [2.05, 4.69) is 23.2 Å².